The lowest BCUT2D eigenvalue weighted by molar-refractivity contribution is 0.568. The van der Waals surface area contributed by atoms with Gasteiger partial charge in [0.2, 0.25) is 0 Å². The predicted octanol–water partition coefficient (Wildman–Crippen LogP) is 4.46. The molecule has 0 saturated carbocycles. The van der Waals surface area contributed by atoms with Crippen molar-refractivity contribution in [1.82, 2.24) is 15.6 Å². The fourth-order valence-corrected chi connectivity index (χ4v) is 2.96. The maximum Gasteiger partial charge on any atom is 0.132 e. The Balaban J connectivity index is 1.73. The van der Waals surface area contributed by atoms with Gasteiger partial charge in [-0.2, -0.15) is 0 Å². The van der Waals surface area contributed by atoms with Gasteiger partial charge in [-0.3, -0.25) is 4.98 Å². The number of rotatable bonds is 5. The summed E-state index contributed by atoms with van der Waals surface area (Å²) in [5.41, 5.74) is 4.39. The van der Waals surface area contributed by atoms with Crippen molar-refractivity contribution in [3.8, 4) is 11.3 Å². The average molecular weight is 325 g/mol. The second-order valence-corrected chi connectivity index (χ2v) is 6.47. The van der Waals surface area contributed by atoms with Crippen LogP contribution in [0, 0.1) is 12.7 Å². The van der Waals surface area contributed by atoms with Crippen molar-refractivity contribution in [1.29, 1.82) is 0 Å². The van der Waals surface area contributed by atoms with Crippen molar-refractivity contribution in [2.75, 3.05) is 0 Å². The van der Waals surface area contributed by atoms with Gasteiger partial charge in [-0.1, -0.05) is 19.1 Å². The maximum absolute atomic E-state index is 14.5. The number of nitrogens with zero attached hydrogens (tertiary/aromatic N) is 1. The molecule has 24 heavy (non-hydrogen) atoms. The molecule has 2 heterocycles. The molecule has 1 aliphatic heterocycles. The van der Waals surface area contributed by atoms with Crippen LogP contribution in [0.3, 0.4) is 0 Å². The lowest BCUT2D eigenvalue weighted by Crippen LogP contribution is -2.20. The third-order valence-electron chi connectivity index (χ3n) is 4.53. The smallest absolute Gasteiger partial charge is 0.132 e. The minimum absolute atomic E-state index is 0.0585. The van der Waals surface area contributed by atoms with Crippen molar-refractivity contribution in [3.05, 3.63) is 65.4 Å². The van der Waals surface area contributed by atoms with E-state index in [9.17, 15) is 4.39 Å². The van der Waals surface area contributed by atoms with E-state index in [0.717, 1.165) is 24.0 Å². The molecule has 1 aliphatic rings. The van der Waals surface area contributed by atoms with E-state index in [1.807, 2.05) is 37.4 Å². The van der Waals surface area contributed by atoms with Gasteiger partial charge in [0.25, 0.3) is 0 Å². The Morgan fingerprint density at radius 3 is 2.79 bits per heavy atom. The van der Waals surface area contributed by atoms with Gasteiger partial charge in [0.15, 0.2) is 0 Å². The lowest BCUT2D eigenvalue weighted by atomic mass is 10.0. The molecule has 0 fully saturated rings. The van der Waals surface area contributed by atoms with Gasteiger partial charge < -0.3 is 10.6 Å². The Labute approximate surface area is 143 Å². The summed E-state index contributed by atoms with van der Waals surface area (Å²) in [5, 5.41) is 6.82. The lowest BCUT2D eigenvalue weighted by Gasteiger charge is -2.17. The van der Waals surface area contributed by atoms with Gasteiger partial charge in [-0.05, 0) is 49.6 Å². The van der Waals surface area contributed by atoms with Crippen LogP contribution in [0.15, 0.2) is 48.4 Å². The number of halogens is 1. The molecule has 2 aromatic rings. The number of aromatic nitrogens is 1. The van der Waals surface area contributed by atoms with E-state index in [1.54, 1.807) is 12.3 Å². The number of benzene rings is 1. The van der Waals surface area contributed by atoms with Crippen LogP contribution in [0.5, 0.6) is 0 Å². The molecule has 1 aromatic carbocycles. The summed E-state index contributed by atoms with van der Waals surface area (Å²) < 4.78 is 14.5. The van der Waals surface area contributed by atoms with E-state index in [2.05, 4.69) is 29.5 Å². The topological polar surface area (TPSA) is 37.0 Å². The van der Waals surface area contributed by atoms with Crippen molar-refractivity contribution in [2.24, 2.45) is 0 Å². The number of pyridine rings is 1. The van der Waals surface area contributed by atoms with E-state index in [1.165, 1.54) is 5.70 Å². The first-order chi connectivity index (χ1) is 11.6. The van der Waals surface area contributed by atoms with Crippen LogP contribution in [0.4, 0.5) is 4.39 Å². The van der Waals surface area contributed by atoms with Crippen LogP contribution in [0.1, 0.15) is 43.9 Å². The fourth-order valence-electron chi connectivity index (χ4n) is 2.96. The van der Waals surface area contributed by atoms with Crippen LogP contribution >= 0.6 is 0 Å². The molecule has 0 bridgehead atoms. The first-order valence-corrected chi connectivity index (χ1v) is 8.51. The summed E-state index contributed by atoms with van der Waals surface area (Å²) in [6, 6.07) is 9.76. The second kappa shape index (κ2) is 7.04. The van der Waals surface area contributed by atoms with Gasteiger partial charge in [0.1, 0.15) is 5.82 Å². The molecule has 3 nitrogen and oxygen atoms in total. The number of aryl methyl sites for hydroxylation is 1. The van der Waals surface area contributed by atoms with Crippen molar-refractivity contribution < 1.29 is 4.39 Å². The molecule has 4 heteroatoms. The molecule has 0 amide bonds. The molecule has 126 valence electrons. The van der Waals surface area contributed by atoms with Crippen molar-refractivity contribution in [2.45, 2.75) is 45.7 Å². The van der Waals surface area contributed by atoms with E-state index >= 15 is 0 Å². The zero-order valence-corrected chi connectivity index (χ0v) is 14.4. The minimum Gasteiger partial charge on any atom is -0.386 e. The van der Waals surface area contributed by atoms with E-state index < -0.39 is 0 Å². The van der Waals surface area contributed by atoms with E-state index in [-0.39, 0.29) is 11.9 Å². The highest BCUT2D eigenvalue weighted by Crippen LogP contribution is 2.25. The highest BCUT2D eigenvalue weighted by atomic mass is 19.1. The Hall–Kier alpha value is -2.36. The minimum atomic E-state index is -0.234. The van der Waals surface area contributed by atoms with Gasteiger partial charge in [0.05, 0.1) is 5.69 Å². The molecule has 1 aromatic heterocycles. The zero-order chi connectivity index (χ0) is 17.1. The zero-order valence-electron chi connectivity index (χ0n) is 14.4. The summed E-state index contributed by atoms with van der Waals surface area (Å²) in [7, 11) is 0. The Morgan fingerprint density at radius 2 is 2.17 bits per heavy atom. The molecule has 2 N–H and O–H groups in total. The Bertz CT molecular complexity index is 737. The monoisotopic (exact) mass is 325 g/mol. The summed E-state index contributed by atoms with van der Waals surface area (Å²) in [4.78, 5) is 4.31. The molecule has 0 saturated heterocycles. The van der Waals surface area contributed by atoms with Crippen LogP contribution in [0.2, 0.25) is 0 Å². The van der Waals surface area contributed by atoms with Crippen molar-refractivity contribution in [3.63, 3.8) is 0 Å². The standard InChI is InChI=1S/C20H24FN3/c1-4-16-10-17(12-22-16)24-14(3)15-6-7-18(19(21)9-15)20-8-5-13(2)11-23-20/h5-9,11-12,14,16,22,24H,4,10H2,1-3H3/t14?,16-/m0/s1. The van der Waals surface area contributed by atoms with Gasteiger partial charge in [0, 0.05) is 42.2 Å². The molecule has 0 radical (unpaired) electrons. The van der Waals surface area contributed by atoms with Crippen LogP contribution < -0.4 is 10.6 Å². The largest absolute Gasteiger partial charge is 0.386 e. The molecule has 1 unspecified atom stereocenters. The van der Waals surface area contributed by atoms with Gasteiger partial charge in [-0.25, -0.2) is 4.39 Å². The normalized spacial score (nSPS) is 18.0. The predicted molar refractivity (Wildman–Crippen MR) is 95.8 cm³/mol. The quantitative estimate of drug-likeness (QED) is 0.852. The van der Waals surface area contributed by atoms with Gasteiger partial charge >= 0.3 is 0 Å². The number of hydrogen-bond donors (Lipinski definition) is 2. The summed E-state index contributed by atoms with van der Waals surface area (Å²) in [6.07, 6.45) is 5.89. The highest BCUT2D eigenvalue weighted by Gasteiger charge is 2.17. The first-order valence-electron chi connectivity index (χ1n) is 8.51. The molecule has 3 rings (SSSR count). The first kappa shape index (κ1) is 16.5. The third-order valence-corrected chi connectivity index (χ3v) is 4.53. The summed E-state index contributed by atoms with van der Waals surface area (Å²) >= 11 is 0. The van der Waals surface area contributed by atoms with Crippen LogP contribution in [-0.4, -0.2) is 11.0 Å². The number of hydrogen-bond acceptors (Lipinski definition) is 3. The molecule has 0 aliphatic carbocycles. The average Bonchev–Trinajstić information content (AvgIpc) is 3.03. The molecular weight excluding hydrogens is 301 g/mol. The third kappa shape index (κ3) is 3.58. The SMILES string of the molecule is CC[C@H]1CC(NC(C)c2ccc(-c3ccc(C)cn3)c(F)c2)=CN1. The highest BCUT2D eigenvalue weighted by molar-refractivity contribution is 5.60. The van der Waals surface area contributed by atoms with E-state index in [4.69, 9.17) is 0 Å². The molecular formula is C20H24FN3. The second-order valence-electron chi connectivity index (χ2n) is 6.47. The van der Waals surface area contributed by atoms with Gasteiger partial charge in [-0.15, -0.1) is 0 Å². The molecule has 2 atom stereocenters. The summed E-state index contributed by atoms with van der Waals surface area (Å²) in [5.74, 6) is -0.234. The fraction of sp³-hybridized carbons (Fsp3) is 0.350. The van der Waals surface area contributed by atoms with E-state index in [0.29, 0.717) is 17.3 Å². The maximum atomic E-state index is 14.5. The number of nitrogens with one attached hydrogen (secondary N) is 2. The Morgan fingerprint density at radius 1 is 1.33 bits per heavy atom. The van der Waals surface area contributed by atoms with Crippen molar-refractivity contribution >= 4 is 0 Å². The van der Waals surface area contributed by atoms with Crippen LogP contribution in [-0.2, 0) is 0 Å². The Kier molecular flexibility index (Phi) is 4.84. The van der Waals surface area contributed by atoms with Crippen LogP contribution in [0.25, 0.3) is 11.3 Å². The molecule has 0 spiro atoms. The summed E-state index contributed by atoms with van der Waals surface area (Å²) in [6.45, 7) is 6.20.